The van der Waals surface area contributed by atoms with Crippen LogP contribution in [0.4, 0.5) is 11.4 Å². The van der Waals surface area contributed by atoms with Crippen molar-refractivity contribution in [1.82, 2.24) is 5.32 Å². The van der Waals surface area contributed by atoms with Crippen LogP contribution in [0.1, 0.15) is 32.6 Å². The number of piperidine rings is 1. The summed E-state index contributed by atoms with van der Waals surface area (Å²) in [6, 6.07) is 10.3. The van der Waals surface area contributed by atoms with Gasteiger partial charge in [0.15, 0.2) is 0 Å². The van der Waals surface area contributed by atoms with E-state index in [-0.39, 0.29) is 5.91 Å². The minimum absolute atomic E-state index is 0.0207. The van der Waals surface area contributed by atoms with Crippen LogP contribution in [-0.2, 0) is 4.79 Å². The highest BCUT2D eigenvalue weighted by Gasteiger charge is 2.40. The molecule has 2 aliphatic rings. The summed E-state index contributed by atoms with van der Waals surface area (Å²) in [5.74, 6) is -0.0207. The lowest BCUT2D eigenvalue weighted by atomic mass is 9.96. The lowest BCUT2D eigenvalue weighted by Gasteiger charge is -2.40. The van der Waals surface area contributed by atoms with Gasteiger partial charge in [-0.3, -0.25) is 4.79 Å². The van der Waals surface area contributed by atoms with Gasteiger partial charge in [0.2, 0.25) is 5.91 Å². The van der Waals surface area contributed by atoms with E-state index in [1.54, 1.807) is 0 Å². The molecule has 0 radical (unpaired) electrons. The van der Waals surface area contributed by atoms with Crippen molar-refractivity contribution in [2.45, 2.75) is 50.7 Å². The Bertz CT molecular complexity index is 471. The molecule has 2 bridgehead atoms. The third-order valence-electron chi connectivity index (χ3n) is 4.63. The molecular weight excluding hydrogens is 250 g/mol. The van der Waals surface area contributed by atoms with Crippen LogP contribution in [0.3, 0.4) is 0 Å². The van der Waals surface area contributed by atoms with E-state index in [1.165, 1.54) is 38.3 Å². The molecule has 2 unspecified atom stereocenters. The Morgan fingerprint density at radius 2 is 1.75 bits per heavy atom. The first kappa shape index (κ1) is 13.4. The van der Waals surface area contributed by atoms with E-state index in [4.69, 9.17) is 0 Å². The zero-order chi connectivity index (χ0) is 14.1. The average Bonchev–Trinajstić information content (AvgIpc) is 2.69. The molecule has 3 rings (SSSR count). The Kier molecular flexibility index (Phi) is 3.66. The molecule has 20 heavy (non-hydrogen) atoms. The normalized spacial score (nSPS) is 28.5. The summed E-state index contributed by atoms with van der Waals surface area (Å²) in [6.45, 7) is 1.54. The smallest absolute Gasteiger partial charge is 0.221 e. The second-order valence-electron chi connectivity index (χ2n) is 5.98. The fraction of sp³-hybridized carbons (Fsp3) is 0.562. The van der Waals surface area contributed by atoms with E-state index < -0.39 is 0 Å². The van der Waals surface area contributed by atoms with E-state index in [1.807, 2.05) is 12.1 Å². The zero-order valence-electron chi connectivity index (χ0n) is 12.2. The summed E-state index contributed by atoms with van der Waals surface area (Å²) in [7, 11) is 2.07. The van der Waals surface area contributed by atoms with Gasteiger partial charge in [-0.15, -0.1) is 0 Å². The van der Waals surface area contributed by atoms with Crippen molar-refractivity contribution < 1.29 is 4.79 Å². The molecule has 4 heteroatoms. The van der Waals surface area contributed by atoms with E-state index in [2.05, 4.69) is 34.7 Å². The van der Waals surface area contributed by atoms with Crippen LogP contribution >= 0.6 is 0 Å². The molecule has 1 amide bonds. The minimum Gasteiger partial charge on any atom is -0.365 e. The van der Waals surface area contributed by atoms with Crippen LogP contribution in [0.5, 0.6) is 0 Å². The van der Waals surface area contributed by atoms with Crippen LogP contribution in [0, 0.1) is 0 Å². The summed E-state index contributed by atoms with van der Waals surface area (Å²) in [6.07, 6.45) is 5.08. The number of carbonyl (C=O) groups is 1. The zero-order valence-corrected chi connectivity index (χ0v) is 12.2. The lowest BCUT2D eigenvalue weighted by Crippen LogP contribution is -2.48. The predicted octanol–water partition coefficient (Wildman–Crippen LogP) is 2.36. The summed E-state index contributed by atoms with van der Waals surface area (Å²) in [5, 5.41) is 6.26. The van der Waals surface area contributed by atoms with E-state index in [0.29, 0.717) is 18.1 Å². The van der Waals surface area contributed by atoms with Crippen LogP contribution in [0.15, 0.2) is 24.3 Å². The number of rotatable bonds is 3. The molecule has 1 aromatic carbocycles. The molecule has 2 atom stereocenters. The van der Waals surface area contributed by atoms with Gasteiger partial charge in [0.1, 0.15) is 0 Å². The van der Waals surface area contributed by atoms with Gasteiger partial charge in [0.05, 0.1) is 0 Å². The number of carbonyl (C=O) groups excluding carboxylic acids is 1. The molecular formula is C16H23N3O. The Balaban J connectivity index is 1.75. The number of anilines is 2. The molecule has 1 aromatic rings. The van der Waals surface area contributed by atoms with Gasteiger partial charge >= 0.3 is 0 Å². The van der Waals surface area contributed by atoms with Crippen molar-refractivity contribution >= 4 is 17.3 Å². The highest BCUT2D eigenvalue weighted by molar-refractivity contribution is 5.88. The maximum Gasteiger partial charge on any atom is 0.221 e. The third kappa shape index (κ3) is 2.52. The van der Waals surface area contributed by atoms with Crippen molar-refractivity contribution in [3.8, 4) is 0 Å². The van der Waals surface area contributed by atoms with Gasteiger partial charge in [-0.25, -0.2) is 0 Å². The molecule has 0 saturated carbocycles. The molecule has 4 nitrogen and oxygen atoms in total. The molecule has 108 valence electrons. The average molecular weight is 273 g/mol. The van der Waals surface area contributed by atoms with Crippen LogP contribution < -0.4 is 15.5 Å². The van der Waals surface area contributed by atoms with Crippen molar-refractivity contribution in [2.75, 3.05) is 17.3 Å². The fourth-order valence-corrected chi connectivity index (χ4v) is 3.75. The second-order valence-corrected chi connectivity index (χ2v) is 5.98. The Morgan fingerprint density at radius 1 is 1.15 bits per heavy atom. The maximum atomic E-state index is 11.1. The number of benzene rings is 1. The van der Waals surface area contributed by atoms with Crippen LogP contribution in [0.25, 0.3) is 0 Å². The van der Waals surface area contributed by atoms with Crippen molar-refractivity contribution in [1.29, 1.82) is 0 Å². The van der Waals surface area contributed by atoms with Crippen molar-refractivity contribution in [3.05, 3.63) is 24.3 Å². The van der Waals surface area contributed by atoms with Gasteiger partial charge < -0.3 is 15.5 Å². The largest absolute Gasteiger partial charge is 0.365 e. The molecule has 2 heterocycles. The first-order chi connectivity index (χ1) is 9.67. The second kappa shape index (κ2) is 5.44. The summed E-state index contributed by atoms with van der Waals surface area (Å²) >= 11 is 0. The van der Waals surface area contributed by atoms with E-state index in [9.17, 15) is 4.79 Å². The number of fused-ring (bicyclic) bond motifs is 2. The van der Waals surface area contributed by atoms with Crippen molar-refractivity contribution in [3.63, 3.8) is 0 Å². The Morgan fingerprint density at radius 3 is 2.25 bits per heavy atom. The number of hydrogen-bond acceptors (Lipinski definition) is 3. The standard InChI is InChI=1S/C16H23N3O/c1-11(20)18-12-3-5-14(6-4-12)19-15-7-8-16(19)10-13(9-15)17-2/h3-6,13,15-17H,7-10H2,1-2H3,(H,18,20). The first-order valence-corrected chi connectivity index (χ1v) is 7.50. The highest BCUT2D eigenvalue weighted by atomic mass is 16.1. The molecule has 2 saturated heterocycles. The van der Waals surface area contributed by atoms with Gasteiger partial charge in [-0.2, -0.15) is 0 Å². The fourth-order valence-electron chi connectivity index (χ4n) is 3.75. The number of hydrogen-bond donors (Lipinski definition) is 2. The summed E-state index contributed by atoms with van der Waals surface area (Å²) in [4.78, 5) is 13.6. The van der Waals surface area contributed by atoms with E-state index >= 15 is 0 Å². The third-order valence-corrected chi connectivity index (χ3v) is 4.63. The van der Waals surface area contributed by atoms with Gasteiger partial charge in [0.25, 0.3) is 0 Å². The van der Waals surface area contributed by atoms with Crippen LogP contribution in [0.2, 0.25) is 0 Å². The van der Waals surface area contributed by atoms with Gasteiger partial charge in [0, 0.05) is 36.4 Å². The topological polar surface area (TPSA) is 44.4 Å². The molecule has 2 N–H and O–H groups in total. The van der Waals surface area contributed by atoms with Crippen LogP contribution in [-0.4, -0.2) is 31.1 Å². The molecule has 0 spiro atoms. The van der Waals surface area contributed by atoms with Gasteiger partial charge in [-0.1, -0.05) is 0 Å². The number of nitrogens with zero attached hydrogens (tertiary/aromatic N) is 1. The lowest BCUT2D eigenvalue weighted by molar-refractivity contribution is -0.114. The molecule has 2 aliphatic heterocycles. The molecule has 0 aliphatic carbocycles. The summed E-state index contributed by atoms with van der Waals surface area (Å²) in [5.41, 5.74) is 2.17. The Hall–Kier alpha value is -1.55. The monoisotopic (exact) mass is 273 g/mol. The first-order valence-electron chi connectivity index (χ1n) is 7.50. The minimum atomic E-state index is -0.0207. The predicted molar refractivity (Wildman–Crippen MR) is 82.1 cm³/mol. The maximum absolute atomic E-state index is 11.1. The molecule has 2 fully saturated rings. The summed E-state index contributed by atoms with van der Waals surface area (Å²) < 4.78 is 0. The highest BCUT2D eigenvalue weighted by Crippen LogP contribution is 2.39. The number of nitrogens with one attached hydrogen (secondary N) is 2. The SMILES string of the molecule is CNC1CC2CCC(C1)N2c1ccc(NC(C)=O)cc1. The van der Waals surface area contributed by atoms with Gasteiger partial charge in [-0.05, 0) is 57.0 Å². The quantitative estimate of drug-likeness (QED) is 0.888. The van der Waals surface area contributed by atoms with E-state index in [0.717, 1.165) is 5.69 Å². The molecule has 0 aromatic heterocycles. The number of amides is 1. The van der Waals surface area contributed by atoms with Crippen molar-refractivity contribution in [2.24, 2.45) is 0 Å². The Labute approximate surface area is 120 Å².